The number of benzene rings is 1. The molecule has 0 radical (unpaired) electrons. The van der Waals surface area contributed by atoms with Crippen LogP contribution in [0.4, 0.5) is 0 Å². The Balaban J connectivity index is 1.25. The van der Waals surface area contributed by atoms with Crippen molar-refractivity contribution >= 4 is 22.8 Å². The summed E-state index contributed by atoms with van der Waals surface area (Å²) in [5.41, 5.74) is 0.997. The van der Waals surface area contributed by atoms with Crippen molar-refractivity contribution in [3.8, 4) is 0 Å². The zero-order valence-electron chi connectivity index (χ0n) is 17.4. The molecule has 9 heteroatoms. The van der Waals surface area contributed by atoms with E-state index in [1.54, 1.807) is 4.90 Å². The molecule has 0 bridgehead atoms. The van der Waals surface area contributed by atoms with E-state index in [1.165, 1.54) is 0 Å². The number of para-hydroxylation sites is 2. The molecule has 162 valence electrons. The number of morpholine rings is 2. The zero-order valence-corrected chi connectivity index (χ0v) is 17.4. The maximum atomic E-state index is 12.9. The van der Waals surface area contributed by atoms with Crippen molar-refractivity contribution in [3.05, 3.63) is 30.1 Å². The van der Waals surface area contributed by atoms with Gasteiger partial charge < -0.3 is 24.7 Å². The number of imidazole rings is 1. The lowest BCUT2D eigenvalue weighted by Gasteiger charge is -2.42. The molecule has 3 heterocycles. The van der Waals surface area contributed by atoms with Crippen molar-refractivity contribution in [3.63, 3.8) is 0 Å². The Morgan fingerprint density at radius 2 is 2.00 bits per heavy atom. The predicted molar refractivity (Wildman–Crippen MR) is 111 cm³/mol. The summed E-state index contributed by atoms with van der Waals surface area (Å²) in [4.78, 5) is 36.9. The van der Waals surface area contributed by atoms with Crippen molar-refractivity contribution < 1.29 is 19.1 Å². The van der Waals surface area contributed by atoms with E-state index in [1.807, 2.05) is 36.1 Å². The van der Waals surface area contributed by atoms with Crippen LogP contribution in [-0.2, 0) is 25.5 Å². The second-order valence-corrected chi connectivity index (χ2v) is 8.00. The first-order valence-corrected chi connectivity index (χ1v) is 10.5. The van der Waals surface area contributed by atoms with Gasteiger partial charge in [0.15, 0.2) is 5.60 Å². The number of carbonyl (C=O) groups is 2. The summed E-state index contributed by atoms with van der Waals surface area (Å²) in [6.07, 6.45) is 0.636. The molecule has 2 N–H and O–H groups in total. The number of rotatable bonds is 6. The van der Waals surface area contributed by atoms with Crippen LogP contribution in [0.5, 0.6) is 0 Å². The van der Waals surface area contributed by atoms with E-state index in [-0.39, 0.29) is 18.4 Å². The highest BCUT2D eigenvalue weighted by Crippen LogP contribution is 2.21. The average molecular weight is 415 g/mol. The number of aromatic amines is 1. The average Bonchev–Trinajstić information content (AvgIpc) is 3.16. The van der Waals surface area contributed by atoms with Crippen LogP contribution in [0.25, 0.3) is 11.0 Å². The smallest absolute Gasteiger partial charge is 0.256 e. The Morgan fingerprint density at radius 1 is 1.20 bits per heavy atom. The molecule has 30 heavy (non-hydrogen) atoms. The Morgan fingerprint density at radius 3 is 2.80 bits per heavy atom. The van der Waals surface area contributed by atoms with Crippen LogP contribution in [-0.4, -0.2) is 96.3 Å². The Bertz CT molecular complexity index is 861. The molecule has 0 aliphatic carbocycles. The summed E-state index contributed by atoms with van der Waals surface area (Å²) < 4.78 is 11.2. The molecule has 2 fully saturated rings. The number of nitrogens with one attached hydrogen (secondary N) is 2. The van der Waals surface area contributed by atoms with Crippen LogP contribution >= 0.6 is 0 Å². The standard InChI is InChI=1S/C21H29N5O4/c1-21(20(28)26-9-11-29-12-10-26)15-25(8-13-30-21)14-19(27)22-7-6-18-23-16-4-2-3-5-17(16)24-18/h2-5H,6-15H2,1H3,(H,22,27)(H,23,24)/t21-/m0/s1. The Hall–Kier alpha value is -2.49. The van der Waals surface area contributed by atoms with Gasteiger partial charge in [0, 0.05) is 39.1 Å². The van der Waals surface area contributed by atoms with E-state index in [4.69, 9.17) is 9.47 Å². The highest BCUT2D eigenvalue weighted by atomic mass is 16.5. The molecule has 1 aromatic carbocycles. The summed E-state index contributed by atoms with van der Waals surface area (Å²) in [5, 5.41) is 2.95. The first-order chi connectivity index (χ1) is 14.5. The van der Waals surface area contributed by atoms with Gasteiger partial charge >= 0.3 is 0 Å². The van der Waals surface area contributed by atoms with Gasteiger partial charge in [-0.1, -0.05) is 12.1 Å². The van der Waals surface area contributed by atoms with Crippen LogP contribution in [0.3, 0.4) is 0 Å². The highest BCUT2D eigenvalue weighted by Gasteiger charge is 2.42. The number of amides is 2. The first kappa shape index (κ1) is 20.8. The fourth-order valence-electron chi connectivity index (χ4n) is 4.02. The first-order valence-electron chi connectivity index (χ1n) is 10.5. The number of hydrogen-bond acceptors (Lipinski definition) is 6. The van der Waals surface area contributed by atoms with Crippen molar-refractivity contribution in [1.29, 1.82) is 0 Å². The molecule has 0 unspecified atom stereocenters. The molecule has 2 aromatic rings. The zero-order chi connectivity index (χ0) is 21.0. The largest absolute Gasteiger partial charge is 0.378 e. The van der Waals surface area contributed by atoms with E-state index in [0.717, 1.165) is 16.9 Å². The van der Waals surface area contributed by atoms with E-state index in [0.29, 0.717) is 59.0 Å². The van der Waals surface area contributed by atoms with Gasteiger partial charge in [-0.25, -0.2) is 4.98 Å². The third-order valence-electron chi connectivity index (χ3n) is 5.59. The minimum absolute atomic E-state index is 0.0270. The third-order valence-corrected chi connectivity index (χ3v) is 5.59. The molecular weight excluding hydrogens is 386 g/mol. The molecule has 4 rings (SSSR count). The van der Waals surface area contributed by atoms with Gasteiger partial charge in [-0.15, -0.1) is 0 Å². The molecule has 2 aliphatic heterocycles. The monoisotopic (exact) mass is 415 g/mol. The lowest BCUT2D eigenvalue weighted by molar-refractivity contribution is -0.171. The topological polar surface area (TPSA) is 99.8 Å². The van der Waals surface area contributed by atoms with Gasteiger partial charge in [-0.05, 0) is 19.1 Å². The number of nitrogens with zero attached hydrogens (tertiary/aromatic N) is 3. The summed E-state index contributed by atoms with van der Waals surface area (Å²) in [6.45, 7) is 6.30. The van der Waals surface area contributed by atoms with E-state index in [2.05, 4.69) is 15.3 Å². The van der Waals surface area contributed by atoms with Crippen molar-refractivity contribution in [2.24, 2.45) is 0 Å². The maximum Gasteiger partial charge on any atom is 0.256 e. The molecule has 0 saturated carbocycles. The number of fused-ring (bicyclic) bond motifs is 1. The van der Waals surface area contributed by atoms with Gasteiger partial charge in [0.1, 0.15) is 5.82 Å². The predicted octanol–water partition coefficient (Wildman–Crippen LogP) is 0.171. The lowest BCUT2D eigenvalue weighted by atomic mass is 10.0. The molecular formula is C21H29N5O4. The lowest BCUT2D eigenvalue weighted by Crippen LogP contribution is -2.61. The van der Waals surface area contributed by atoms with Gasteiger partial charge in [0.25, 0.3) is 5.91 Å². The van der Waals surface area contributed by atoms with Crippen molar-refractivity contribution in [1.82, 2.24) is 25.1 Å². The fourth-order valence-corrected chi connectivity index (χ4v) is 4.02. The molecule has 9 nitrogen and oxygen atoms in total. The highest BCUT2D eigenvalue weighted by molar-refractivity contribution is 5.85. The van der Waals surface area contributed by atoms with Crippen molar-refractivity contribution in [2.75, 3.05) is 59.1 Å². The summed E-state index contributed by atoms with van der Waals surface area (Å²) in [5.74, 6) is 0.765. The van der Waals surface area contributed by atoms with Gasteiger partial charge in [-0.2, -0.15) is 0 Å². The van der Waals surface area contributed by atoms with Crippen LogP contribution in [0.15, 0.2) is 24.3 Å². The molecule has 0 spiro atoms. The minimum atomic E-state index is -0.926. The summed E-state index contributed by atoms with van der Waals surface area (Å²) >= 11 is 0. The number of H-pyrrole nitrogens is 1. The van der Waals surface area contributed by atoms with Crippen LogP contribution in [0.1, 0.15) is 12.7 Å². The van der Waals surface area contributed by atoms with Crippen molar-refractivity contribution in [2.45, 2.75) is 18.9 Å². The second kappa shape index (κ2) is 9.11. The second-order valence-electron chi connectivity index (χ2n) is 8.00. The molecule has 1 aromatic heterocycles. The molecule has 1 atom stereocenters. The number of hydrogen-bond donors (Lipinski definition) is 2. The third kappa shape index (κ3) is 4.80. The quantitative estimate of drug-likeness (QED) is 0.698. The normalized spacial score (nSPS) is 22.9. The van der Waals surface area contributed by atoms with Gasteiger partial charge in [0.2, 0.25) is 5.91 Å². The fraction of sp³-hybridized carbons (Fsp3) is 0.571. The Kier molecular flexibility index (Phi) is 6.31. The molecule has 2 saturated heterocycles. The molecule has 2 aliphatic rings. The van der Waals surface area contributed by atoms with Gasteiger partial charge in [0.05, 0.1) is 37.4 Å². The maximum absolute atomic E-state index is 12.9. The van der Waals surface area contributed by atoms with E-state index in [9.17, 15) is 9.59 Å². The van der Waals surface area contributed by atoms with E-state index < -0.39 is 5.60 Å². The van der Waals surface area contributed by atoms with Gasteiger partial charge in [-0.3, -0.25) is 14.5 Å². The minimum Gasteiger partial charge on any atom is -0.378 e. The van der Waals surface area contributed by atoms with Crippen LogP contribution in [0.2, 0.25) is 0 Å². The van der Waals surface area contributed by atoms with Crippen LogP contribution < -0.4 is 5.32 Å². The number of carbonyl (C=O) groups excluding carboxylic acids is 2. The van der Waals surface area contributed by atoms with E-state index >= 15 is 0 Å². The Labute approximate surface area is 175 Å². The van der Waals surface area contributed by atoms with Crippen LogP contribution in [0, 0.1) is 0 Å². The summed E-state index contributed by atoms with van der Waals surface area (Å²) in [6, 6.07) is 7.86. The SMILES string of the molecule is C[C@@]1(C(=O)N2CCOCC2)CN(CC(=O)NCCc2nc3ccccc3[nH]2)CCO1. The number of ether oxygens (including phenoxy) is 2. The summed E-state index contributed by atoms with van der Waals surface area (Å²) in [7, 11) is 0. The molecule has 2 amide bonds. The number of aromatic nitrogens is 2.